The lowest BCUT2D eigenvalue weighted by Gasteiger charge is -2.24. The summed E-state index contributed by atoms with van der Waals surface area (Å²) in [5.74, 6) is 0.0576. The predicted molar refractivity (Wildman–Crippen MR) is 85.0 cm³/mol. The van der Waals surface area contributed by atoms with Gasteiger partial charge in [-0.05, 0) is 28.7 Å². The van der Waals surface area contributed by atoms with Crippen molar-refractivity contribution >= 4 is 6.09 Å². The van der Waals surface area contributed by atoms with Gasteiger partial charge in [0.15, 0.2) is 0 Å². The van der Waals surface area contributed by atoms with Crippen LogP contribution in [-0.2, 0) is 0 Å². The van der Waals surface area contributed by atoms with Crippen molar-refractivity contribution < 1.29 is 15.0 Å². The predicted octanol–water partition coefficient (Wildman–Crippen LogP) is 3.16. The average Bonchev–Trinajstić information content (AvgIpc) is 2.85. The van der Waals surface area contributed by atoms with Crippen LogP contribution in [0.2, 0.25) is 0 Å². The first-order valence-corrected chi connectivity index (χ1v) is 7.49. The molecule has 0 fully saturated rings. The van der Waals surface area contributed by atoms with Crippen LogP contribution in [-0.4, -0.2) is 40.9 Å². The number of hydrogen-bond donors (Lipinski definition) is 2. The van der Waals surface area contributed by atoms with E-state index in [2.05, 4.69) is 24.3 Å². The topological polar surface area (TPSA) is 60.8 Å². The molecule has 2 aromatic carbocycles. The van der Waals surface area contributed by atoms with Crippen molar-refractivity contribution in [2.24, 2.45) is 0 Å². The number of rotatable bonds is 5. The Hall–Kier alpha value is -2.33. The molecule has 114 valence electrons. The van der Waals surface area contributed by atoms with E-state index in [9.17, 15) is 9.90 Å². The number of carbonyl (C=O) groups is 1. The Morgan fingerprint density at radius 2 is 1.55 bits per heavy atom. The fraction of sp³-hybridized carbons (Fsp3) is 0.278. The maximum Gasteiger partial charge on any atom is 0.407 e. The van der Waals surface area contributed by atoms with Gasteiger partial charge in [-0.15, -0.1) is 0 Å². The molecule has 1 aliphatic rings. The van der Waals surface area contributed by atoms with Gasteiger partial charge < -0.3 is 15.1 Å². The third kappa shape index (κ3) is 2.57. The van der Waals surface area contributed by atoms with Crippen LogP contribution in [0.1, 0.15) is 23.5 Å². The van der Waals surface area contributed by atoms with Crippen LogP contribution in [0.15, 0.2) is 48.5 Å². The molecule has 22 heavy (non-hydrogen) atoms. The van der Waals surface area contributed by atoms with Crippen molar-refractivity contribution in [1.82, 2.24) is 4.90 Å². The summed E-state index contributed by atoms with van der Waals surface area (Å²) in [7, 11) is 0. The maximum atomic E-state index is 11.5. The molecular weight excluding hydrogens is 278 g/mol. The third-order valence-corrected chi connectivity index (χ3v) is 4.22. The number of carboxylic acid groups (broad SMARTS) is 1. The molecule has 2 aromatic rings. The van der Waals surface area contributed by atoms with Gasteiger partial charge in [-0.25, -0.2) is 4.79 Å². The minimum atomic E-state index is -0.935. The molecule has 4 nitrogen and oxygen atoms in total. The summed E-state index contributed by atoms with van der Waals surface area (Å²) in [4.78, 5) is 12.9. The molecule has 4 heteroatoms. The Labute approximate surface area is 129 Å². The Morgan fingerprint density at radius 1 is 1.00 bits per heavy atom. The minimum absolute atomic E-state index is 0.00161. The highest BCUT2D eigenvalue weighted by atomic mass is 16.4. The zero-order chi connectivity index (χ0) is 15.5. The van der Waals surface area contributed by atoms with E-state index in [1.807, 2.05) is 24.3 Å². The fourth-order valence-electron chi connectivity index (χ4n) is 3.20. The van der Waals surface area contributed by atoms with Gasteiger partial charge in [0.05, 0.1) is 0 Å². The van der Waals surface area contributed by atoms with Crippen molar-refractivity contribution in [2.45, 2.75) is 12.3 Å². The molecule has 0 atom stereocenters. The maximum absolute atomic E-state index is 11.5. The van der Waals surface area contributed by atoms with Gasteiger partial charge in [0.25, 0.3) is 0 Å². The van der Waals surface area contributed by atoms with E-state index in [0.29, 0.717) is 19.5 Å². The quantitative estimate of drug-likeness (QED) is 0.891. The smallest absolute Gasteiger partial charge is 0.407 e. The monoisotopic (exact) mass is 297 g/mol. The van der Waals surface area contributed by atoms with Crippen molar-refractivity contribution in [3.05, 3.63) is 59.7 Å². The van der Waals surface area contributed by atoms with E-state index in [1.54, 1.807) is 0 Å². The van der Waals surface area contributed by atoms with Crippen LogP contribution < -0.4 is 0 Å². The number of hydrogen-bond acceptors (Lipinski definition) is 2. The molecule has 3 rings (SSSR count). The zero-order valence-electron chi connectivity index (χ0n) is 12.3. The van der Waals surface area contributed by atoms with E-state index in [-0.39, 0.29) is 12.5 Å². The van der Waals surface area contributed by atoms with Gasteiger partial charge in [-0.1, -0.05) is 48.5 Å². The van der Waals surface area contributed by atoms with Crippen LogP contribution >= 0.6 is 0 Å². The van der Waals surface area contributed by atoms with E-state index in [1.165, 1.54) is 27.2 Å². The van der Waals surface area contributed by atoms with Crippen molar-refractivity contribution in [3.63, 3.8) is 0 Å². The highest BCUT2D eigenvalue weighted by Gasteiger charge is 2.30. The lowest BCUT2D eigenvalue weighted by molar-refractivity contribution is 0.139. The van der Waals surface area contributed by atoms with Crippen molar-refractivity contribution in [1.29, 1.82) is 0 Å². The van der Waals surface area contributed by atoms with Crippen LogP contribution in [0.4, 0.5) is 4.79 Å². The van der Waals surface area contributed by atoms with Gasteiger partial charge in [-0.3, -0.25) is 0 Å². The van der Waals surface area contributed by atoms with Gasteiger partial charge in [-0.2, -0.15) is 0 Å². The van der Waals surface area contributed by atoms with Gasteiger partial charge >= 0.3 is 6.09 Å². The molecule has 0 radical (unpaired) electrons. The van der Waals surface area contributed by atoms with Crippen molar-refractivity contribution in [2.75, 3.05) is 19.7 Å². The lowest BCUT2D eigenvalue weighted by Crippen LogP contribution is -2.34. The number of aliphatic hydroxyl groups excluding tert-OH is 1. The van der Waals surface area contributed by atoms with Gasteiger partial charge in [0, 0.05) is 25.6 Å². The Morgan fingerprint density at radius 3 is 2.05 bits per heavy atom. The first-order chi connectivity index (χ1) is 10.7. The highest BCUT2D eigenvalue weighted by molar-refractivity contribution is 5.79. The van der Waals surface area contributed by atoms with Crippen LogP contribution in [0, 0.1) is 0 Å². The third-order valence-electron chi connectivity index (χ3n) is 4.22. The standard InChI is InChI=1S/C18H19NO3/c20-11-5-10-19(18(21)22)12-17-15-8-3-1-6-13(15)14-7-2-4-9-16(14)17/h1-4,6-9,17,20H,5,10-12H2,(H,21,22). The normalized spacial score (nSPS) is 12.8. The van der Waals surface area contributed by atoms with E-state index in [0.717, 1.165) is 0 Å². The summed E-state index contributed by atoms with van der Waals surface area (Å²) < 4.78 is 0. The summed E-state index contributed by atoms with van der Waals surface area (Å²) >= 11 is 0. The second-order valence-corrected chi connectivity index (χ2v) is 5.53. The Bertz CT molecular complexity index is 638. The SMILES string of the molecule is O=C(O)N(CCCO)CC1c2ccccc2-c2ccccc21. The number of aliphatic hydroxyl groups is 1. The lowest BCUT2D eigenvalue weighted by atomic mass is 9.96. The second kappa shape index (κ2) is 6.20. The molecule has 0 spiro atoms. The summed E-state index contributed by atoms with van der Waals surface area (Å²) in [5, 5.41) is 18.4. The largest absolute Gasteiger partial charge is 0.465 e. The van der Waals surface area contributed by atoms with E-state index < -0.39 is 6.09 Å². The molecule has 0 saturated carbocycles. The Kier molecular flexibility index (Phi) is 4.11. The van der Waals surface area contributed by atoms with E-state index in [4.69, 9.17) is 5.11 Å². The Balaban J connectivity index is 1.94. The first kappa shape index (κ1) is 14.6. The van der Waals surface area contributed by atoms with Crippen LogP contribution in [0.25, 0.3) is 11.1 Å². The number of nitrogens with zero attached hydrogens (tertiary/aromatic N) is 1. The summed E-state index contributed by atoms with van der Waals surface area (Å²) in [6, 6.07) is 16.3. The minimum Gasteiger partial charge on any atom is -0.465 e. The highest BCUT2D eigenvalue weighted by Crippen LogP contribution is 2.44. The number of fused-ring (bicyclic) bond motifs is 3. The van der Waals surface area contributed by atoms with Crippen LogP contribution in [0.5, 0.6) is 0 Å². The summed E-state index contributed by atoms with van der Waals surface area (Å²) in [6.07, 6.45) is -0.474. The molecule has 1 amide bonds. The molecule has 0 saturated heterocycles. The number of benzene rings is 2. The molecular formula is C18H19NO3. The fourth-order valence-corrected chi connectivity index (χ4v) is 3.20. The molecule has 1 aliphatic carbocycles. The first-order valence-electron chi connectivity index (χ1n) is 7.49. The van der Waals surface area contributed by atoms with Gasteiger partial charge in [0.1, 0.15) is 0 Å². The van der Waals surface area contributed by atoms with Crippen LogP contribution in [0.3, 0.4) is 0 Å². The average molecular weight is 297 g/mol. The summed E-state index contributed by atoms with van der Waals surface area (Å²) in [5.41, 5.74) is 4.74. The molecule has 0 aliphatic heterocycles. The molecule has 0 aromatic heterocycles. The van der Waals surface area contributed by atoms with E-state index >= 15 is 0 Å². The molecule has 0 heterocycles. The molecule has 0 unspecified atom stereocenters. The molecule has 0 bridgehead atoms. The van der Waals surface area contributed by atoms with Gasteiger partial charge in [0.2, 0.25) is 0 Å². The van der Waals surface area contributed by atoms with Crippen molar-refractivity contribution in [3.8, 4) is 11.1 Å². The molecule has 2 N–H and O–H groups in total. The zero-order valence-corrected chi connectivity index (χ0v) is 12.3. The number of amides is 1. The second-order valence-electron chi connectivity index (χ2n) is 5.53. The summed E-state index contributed by atoms with van der Waals surface area (Å²) in [6.45, 7) is 0.775.